The van der Waals surface area contributed by atoms with Crippen LogP contribution < -0.4 is 10.6 Å². The van der Waals surface area contributed by atoms with Crippen molar-refractivity contribution >= 4 is 17.7 Å². The van der Waals surface area contributed by atoms with Crippen LogP contribution in [0.3, 0.4) is 0 Å². The summed E-state index contributed by atoms with van der Waals surface area (Å²) < 4.78 is 4.78. The zero-order chi connectivity index (χ0) is 15.9. The average molecular weight is 302 g/mol. The molecule has 3 N–H and O–H groups in total. The maximum absolute atomic E-state index is 12.1. The van der Waals surface area contributed by atoms with Gasteiger partial charge in [0.1, 0.15) is 0 Å². The zero-order valence-electron chi connectivity index (χ0n) is 12.4. The van der Waals surface area contributed by atoms with Crippen molar-refractivity contribution < 1.29 is 14.3 Å². The molecule has 0 spiro atoms. The molecule has 1 aromatic heterocycles. The van der Waals surface area contributed by atoms with E-state index in [1.807, 2.05) is 30.3 Å². The maximum Gasteiger partial charge on any atom is 0.319 e. The van der Waals surface area contributed by atoms with E-state index in [1.165, 1.54) is 13.3 Å². The molecule has 7 heteroatoms. The molecule has 116 valence electrons. The van der Waals surface area contributed by atoms with Crippen LogP contribution in [-0.2, 0) is 9.53 Å². The molecule has 2 amide bonds. The number of rotatable bonds is 5. The van der Waals surface area contributed by atoms with Crippen LogP contribution >= 0.6 is 0 Å². The van der Waals surface area contributed by atoms with E-state index in [4.69, 9.17) is 4.74 Å². The molecule has 0 bridgehead atoms. The van der Waals surface area contributed by atoms with Crippen LogP contribution in [0.5, 0.6) is 0 Å². The van der Waals surface area contributed by atoms with E-state index in [9.17, 15) is 9.59 Å². The lowest BCUT2D eigenvalue weighted by molar-refractivity contribution is -0.145. The molecular formula is C15H18N4O3. The number of carbonyl (C=O) groups is 2. The van der Waals surface area contributed by atoms with Crippen LogP contribution in [0.1, 0.15) is 18.5 Å². The smallest absolute Gasteiger partial charge is 0.319 e. The van der Waals surface area contributed by atoms with Crippen LogP contribution in [-0.4, -0.2) is 29.3 Å². The van der Waals surface area contributed by atoms with Gasteiger partial charge in [-0.05, 0) is 12.5 Å². The van der Waals surface area contributed by atoms with Crippen molar-refractivity contribution in [1.82, 2.24) is 15.5 Å². The summed E-state index contributed by atoms with van der Waals surface area (Å²) in [5.41, 5.74) is 1.36. The topological polar surface area (TPSA) is 96.1 Å². The Morgan fingerprint density at radius 2 is 2.00 bits per heavy atom. The Kier molecular flexibility index (Phi) is 5.13. The summed E-state index contributed by atoms with van der Waals surface area (Å²) >= 11 is 0. The summed E-state index contributed by atoms with van der Waals surface area (Å²) in [5, 5.41) is 11.8. The Balaban J connectivity index is 2.14. The Labute approximate surface area is 128 Å². The minimum Gasteiger partial charge on any atom is -0.469 e. The fourth-order valence-corrected chi connectivity index (χ4v) is 2.11. The average Bonchev–Trinajstić information content (AvgIpc) is 3.05. The third-order valence-electron chi connectivity index (χ3n) is 3.27. The summed E-state index contributed by atoms with van der Waals surface area (Å²) in [6.07, 6.45) is 3.04. The number of nitrogens with one attached hydrogen (secondary N) is 3. The van der Waals surface area contributed by atoms with E-state index in [1.54, 1.807) is 13.1 Å². The van der Waals surface area contributed by atoms with Gasteiger partial charge in [0.05, 0.1) is 31.0 Å². The fraction of sp³-hybridized carbons (Fsp3) is 0.267. The molecule has 1 aromatic carbocycles. The third-order valence-corrected chi connectivity index (χ3v) is 3.27. The molecule has 0 fully saturated rings. The van der Waals surface area contributed by atoms with Gasteiger partial charge in [0.2, 0.25) is 0 Å². The Bertz CT molecular complexity index is 613. The molecule has 2 rings (SSSR count). The predicted octanol–water partition coefficient (Wildman–Crippen LogP) is 2.08. The highest BCUT2D eigenvalue weighted by Gasteiger charge is 2.27. The highest BCUT2D eigenvalue weighted by Crippen LogP contribution is 2.23. The first-order chi connectivity index (χ1) is 10.6. The van der Waals surface area contributed by atoms with E-state index in [2.05, 4.69) is 20.8 Å². The maximum atomic E-state index is 12.1. The second-order valence-corrected chi connectivity index (χ2v) is 4.79. The number of esters is 1. The van der Waals surface area contributed by atoms with Crippen molar-refractivity contribution in [3.63, 3.8) is 0 Å². The number of aromatic amines is 1. The molecule has 0 radical (unpaired) electrons. The zero-order valence-corrected chi connectivity index (χ0v) is 12.4. The lowest BCUT2D eigenvalue weighted by Gasteiger charge is -2.24. The summed E-state index contributed by atoms with van der Waals surface area (Å²) in [7, 11) is 1.33. The number of H-pyrrole nitrogens is 1. The van der Waals surface area contributed by atoms with Gasteiger partial charge < -0.3 is 15.4 Å². The van der Waals surface area contributed by atoms with Gasteiger partial charge in [0.25, 0.3) is 0 Å². The molecular weight excluding hydrogens is 284 g/mol. The van der Waals surface area contributed by atoms with E-state index in [0.717, 1.165) is 5.56 Å². The van der Waals surface area contributed by atoms with Crippen molar-refractivity contribution in [2.75, 3.05) is 12.4 Å². The molecule has 0 saturated heterocycles. The molecule has 0 aliphatic heterocycles. The van der Waals surface area contributed by atoms with Crippen molar-refractivity contribution in [3.8, 4) is 0 Å². The highest BCUT2D eigenvalue weighted by atomic mass is 16.5. The lowest BCUT2D eigenvalue weighted by Crippen LogP contribution is -2.38. The van der Waals surface area contributed by atoms with Crippen LogP contribution in [0.15, 0.2) is 42.7 Å². The first-order valence-electron chi connectivity index (χ1n) is 6.81. The summed E-state index contributed by atoms with van der Waals surface area (Å²) in [5.74, 6) is -0.917. The SMILES string of the molecule is COC(=O)C(C)C(NC(=O)Nc1cn[nH]c1)c1ccccc1. The van der Waals surface area contributed by atoms with Crippen LogP contribution in [0.25, 0.3) is 0 Å². The van der Waals surface area contributed by atoms with E-state index >= 15 is 0 Å². The summed E-state index contributed by atoms with van der Waals surface area (Å²) in [4.78, 5) is 23.9. The fourth-order valence-electron chi connectivity index (χ4n) is 2.11. The Morgan fingerprint density at radius 1 is 1.27 bits per heavy atom. The molecule has 2 unspecified atom stereocenters. The van der Waals surface area contributed by atoms with Gasteiger partial charge in [-0.1, -0.05) is 30.3 Å². The molecule has 7 nitrogen and oxygen atoms in total. The molecule has 0 saturated carbocycles. The van der Waals surface area contributed by atoms with Gasteiger partial charge in [0, 0.05) is 6.20 Å². The number of ether oxygens (including phenoxy) is 1. The van der Waals surface area contributed by atoms with Crippen molar-refractivity contribution in [2.45, 2.75) is 13.0 Å². The van der Waals surface area contributed by atoms with E-state index < -0.39 is 24.0 Å². The van der Waals surface area contributed by atoms with Crippen molar-refractivity contribution in [2.24, 2.45) is 5.92 Å². The highest BCUT2D eigenvalue weighted by molar-refractivity contribution is 5.89. The number of methoxy groups -OCH3 is 1. The molecule has 0 aliphatic rings. The minimum absolute atomic E-state index is 0.391. The van der Waals surface area contributed by atoms with Crippen molar-refractivity contribution in [1.29, 1.82) is 0 Å². The normalized spacial score (nSPS) is 13.0. The van der Waals surface area contributed by atoms with Crippen molar-refractivity contribution in [3.05, 3.63) is 48.3 Å². The standard InChI is InChI=1S/C15H18N4O3/c1-10(14(20)22-2)13(11-6-4-3-5-7-11)19-15(21)18-12-8-16-17-9-12/h3-10,13H,1-2H3,(H,16,17)(H2,18,19,21). The number of benzene rings is 1. The van der Waals surface area contributed by atoms with Crippen LogP contribution in [0.2, 0.25) is 0 Å². The van der Waals surface area contributed by atoms with Gasteiger partial charge in [-0.2, -0.15) is 5.10 Å². The third kappa shape index (κ3) is 3.85. The molecule has 1 heterocycles. The number of nitrogens with zero attached hydrogens (tertiary/aromatic N) is 1. The number of hydrogen-bond donors (Lipinski definition) is 3. The first-order valence-corrected chi connectivity index (χ1v) is 6.81. The number of urea groups is 1. The molecule has 0 aliphatic carbocycles. The first kappa shape index (κ1) is 15.6. The molecule has 2 atom stereocenters. The van der Waals surface area contributed by atoms with Gasteiger partial charge in [-0.3, -0.25) is 9.89 Å². The van der Waals surface area contributed by atoms with E-state index in [0.29, 0.717) is 5.69 Å². The number of carbonyl (C=O) groups excluding carboxylic acids is 2. The Hall–Kier alpha value is -2.83. The summed E-state index contributed by atoms with van der Waals surface area (Å²) in [6, 6.07) is 8.34. The Morgan fingerprint density at radius 3 is 2.59 bits per heavy atom. The molecule has 2 aromatic rings. The van der Waals surface area contributed by atoms with E-state index in [-0.39, 0.29) is 0 Å². The second-order valence-electron chi connectivity index (χ2n) is 4.79. The monoisotopic (exact) mass is 302 g/mol. The van der Waals surface area contributed by atoms with Crippen LogP contribution in [0.4, 0.5) is 10.5 Å². The number of anilines is 1. The minimum atomic E-state index is -0.525. The predicted molar refractivity (Wildman–Crippen MR) is 81.1 cm³/mol. The van der Waals surface area contributed by atoms with Gasteiger partial charge in [-0.15, -0.1) is 0 Å². The van der Waals surface area contributed by atoms with Gasteiger partial charge >= 0.3 is 12.0 Å². The quantitative estimate of drug-likeness (QED) is 0.737. The second kappa shape index (κ2) is 7.26. The van der Waals surface area contributed by atoms with Gasteiger partial charge in [0.15, 0.2) is 0 Å². The molecule has 22 heavy (non-hydrogen) atoms. The number of hydrogen-bond acceptors (Lipinski definition) is 4. The largest absolute Gasteiger partial charge is 0.469 e. The van der Waals surface area contributed by atoms with Crippen LogP contribution in [0, 0.1) is 5.92 Å². The van der Waals surface area contributed by atoms with Gasteiger partial charge in [-0.25, -0.2) is 4.79 Å². The number of amides is 2. The lowest BCUT2D eigenvalue weighted by atomic mass is 9.94. The summed E-state index contributed by atoms with van der Waals surface area (Å²) in [6.45, 7) is 1.71. The number of aromatic nitrogens is 2.